The number of carbonyl (C=O) groups excluding carboxylic acids is 1. The summed E-state index contributed by atoms with van der Waals surface area (Å²) in [5, 5.41) is 2.86. The van der Waals surface area contributed by atoms with E-state index < -0.39 is 0 Å². The Hall–Kier alpha value is -1.95. The fourth-order valence-electron chi connectivity index (χ4n) is 2.11. The highest BCUT2D eigenvalue weighted by Crippen LogP contribution is 2.28. The van der Waals surface area contributed by atoms with Gasteiger partial charge in [0.2, 0.25) is 0 Å². The number of carbonyl (C=O) groups is 1. The first-order valence-electron chi connectivity index (χ1n) is 6.65. The summed E-state index contributed by atoms with van der Waals surface area (Å²) in [4.78, 5) is 12.4. The van der Waals surface area contributed by atoms with Crippen molar-refractivity contribution in [2.24, 2.45) is 0 Å². The molecule has 112 valence electrons. The summed E-state index contributed by atoms with van der Waals surface area (Å²) in [5.41, 5.74) is 7.52. The molecule has 0 bridgehead atoms. The highest BCUT2D eigenvalue weighted by Gasteiger charge is 2.15. The second-order valence-corrected chi connectivity index (χ2v) is 5.57. The third kappa shape index (κ3) is 3.58. The number of nitrogens with one attached hydrogen (secondary N) is 1. The second-order valence-electron chi connectivity index (χ2n) is 4.65. The maximum Gasteiger partial charge on any atom is 0.272 e. The zero-order valence-corrected chi connectivity index (χ0v) is 13.6. The molecule has 2 rings (SSSR count). The third-order valence-electron chi connectivity index (χ3n) is 3.02. The number of nitrogens with two attached hydrogens (primary N) is 1. The smallest absolute Gasteiger partial charge is 0.272 e. The van der Waals surface area contributed by atoms with Crippen LogP contribution in [0.2, 0.25) is 0 Å². The summed E-state index contributed by atoms with van der Waals surface area (Å²) >= 11 is 3.38. The van der Waals surface area contributed by atoms with Crippen LogP contribution in [0.5, 0.6) is 5.75 Å². The van der Waals surface area contributed by atoms with E-state index in [1.54, 1.807) is 31.5 Å². The van der Waals surface area contributed by atoms with Crippen molar-refractivity contribution in [2.75, 3.05) is 18.2 Å². The number of nitrogen functional groups attached to an aromatic ring is 1. The van der Waals surface area contributed by atoms with Gasteiger partial charge in [0.25, 0.3) is 5.91 Å². The van der Waals surface area contributed by atoms with Crippen molar-refractivity contribution in [3.63, 3.8) is 0 Å². The van der Waals surface area contributed by atoms with Crippen LogP contribution in [0.1, 0.15) is 23.8 Å². The van der Waals surface area contributed by atoms with Crippen molar-refractivity contribution >= 4 is 33.2 Å². The minimum Gasteiger partial charge on any atom is -0.495 e. The molecule has 0 radical (unpaired) electrons. The summed E-state index contributed by atoms with van der Waals surface area (Å²) in [6.45, 7) is 2.80. The van der Waals surface area contributed by atoms with Gasteiger partial charge in [-0.2, -0.15) is 0 Å². The number of anilines is 2. The fraction of sp³-hybridized carbons (Fsp3) is 0.267. The second kappa shape index (κ2) is 6.67. The number of nitrogens with zero attached hydrogens (tertiary/aromatic N) is 1. The number of ether oxygens (including phenoxy) is 1. The van der Waals surface area contributed by atoms with Crippen LogP contribution < -0.4 is 15.8 Å². The average molecular weight is 352 g/mol. The number of methoxy groups -OCH3 is 1. The molecule has 3 N–H and O–H groups in total. The molecule has 0 spiro atoms. The topological polar surface area (TPSA) is 69.3 Å². The van der Waals surface area contributed by atoms with Gasteiger partial charge in [-0.1, -0.05) is 22.9 Å². The van der Waals surface area contributed by atoms with E-state index in [2.05, 4.69) is 28.2 Å². The standard InChI is InChI=1S/C15H18BrN3O2/c1-3-6-19-9-11(17)8-13(19)15(20)18-12-7-10(16)4-5-14(12)21-2/h4-5,7-9H,3,6,17H2,1-2H3,(H,18,20). The molecule has 1 aromatic heterocycles. The molecule has 2 aromatic rings. The van der Waals surface area contributed by atoms with Crippen LogP contribution in [0, 0.1) is 0 Å². The maximum absolute atomic E-state index is 12.4. The van der Waals surface area contributed by atoms with Crippen LogP contribution in [-0.2, 0) is 6.54 Å². The van der Waals surface area contributed by atoms with Gasteiger partial charge in [-0.15, -0.1) is 0 Å². The van der Waals surface area contributed by atoms with Crippen LogP contribution >= 0.6 is 15.9 Å². The lowest BCUT2D eigenvalue weighted by atomic mass is 10.2. The van der Waals surface area contributed by atoms with E-state index in [1.807, 2.05) is 10.6 Å². The Labute approximate surface area is 132 Å². The largest absolute Gasteiger partial charge is 0.495 e. The van der Waals surface area contributed by atoms with Crippen LogP contribution in [0.4, 0.5) is 11.4 Å². The first kappa shape index (κ1) is 15.4. The maximum atomic E-state index is 12.4. The fourth-order valence-corrected chi connectivity index (χ4v) is 2.47. The first-order chi connectivity index (χ1) is 10.0. The lowest BCUT2D eigenvalue weighted by Crippen LogP contribution is -2.17. The summed E-state index contributed by atoms with van der Waals surface area (Å²) in [6, 6.07) is 7.12. The SMILES string of the molecule is CCCn1cc(N)cc1C(=O)Nc1cc(Br)ccc1OC. The number of rotatable bonds is 5. The van der Waals surface area contributed by atoms with Gasteiger partial charge in [0, 0.05) is 17.2 Å². The zero-order valence-electron chi connectivity index (χ0n) is 12.0. The minimum absolute atomic E-state index is 0.212. The predicted octanol–water partition coefficient (Wildman–Crippen LogP) is 3.50. The lowest BCUT2D eigenvalue weighted by Gasteiger charge is -2.12. The van der Waals surface area contributed by atoms with Gasteiger partial charge in [0.15, 0.2) is 0 Å². The Kier molecular flexibility index (Phi) is 4.90. The third-order valence-corrected chi connectivity index (χ3v) is 3.52. The molecule has 0 aliphatic rings. The molecule has 0 saturated heterocycles. The van der Waals surface area contributed by atoms with Gasteiger partial charge in [0.1, 0.15) is 11.4 Å². The van der Waals surface area contributed by atoms with E-state index >= 15 is 0 Å². The summed E-state index contributed by atoms with van der Waals surface area (Å²) < 4.78 is 7.97. The Morgan fingerprint density at radius 2 is 2.19 bits per heavy atom. The Bertz CT molecular complexity index is 652. The van der Waals surface area contributed by atoms with Crippen molar-refractivity contribution in [3.05, 3.63) is 40.6 Å². The van der Waals surface area contributed by atoms with Crippen molar-refractivity contribution in [1.29, 1.82) is 0 Å². The van der Waals surface area contributed by atoms with Gasteiger partial charge >= 0.3 is 0 Å². The number of hydrogen-bond donors (Lipinski definition) is 2. The van der Waals surface area contributed by atoms with Gasteiger partial charge < -0.3 is 20.4 Å². The molecule has 6 heteroatoms. The van der Waals surface area contributed by atoms with E-state index in [1.165, 1.54) is 0 Å². The molecule has 0 saturated carbocycles. The number of aryl methyl sites for hydroxylation is 1. The van der Waals surface area contributed by atoms with Crippen molar-refractivity contribution in [1.82, 2.24) is 4.57 Å². The van der Waals surface area contributed by atoms with Gasteiger partial charge in [0.05, 0.1) is 18.5 Å². The zero-order chi connectivity index (χ0) is 15.4. The van der Waals surface area contributed by atoms with Crippen molar-refractivity contribution in [2.45, 2.75) is 19.9 Å². The predicted molar refractivity (Wildman–Crippen MR) is 87.8 cm³/mol. The molecule has 0 fully saturated rings. The van der Waals surface area contributed by atoms with E-state index in [9.17, 15) is 4.79 Å². The Balaban J connectivity index is 2.28. The van der Waals surface area contributed by atoms with E-state index in [0.717, 1.165) is 17.4 Å². The van der Waals surface area contributed by atoms with Crippen molar-refractivity contribution < 1.29 is 9.53 Å². The molecule has 0 aliphatic heterocycles. The molecule has 0 unspecified atom stereocenters. The van der Waals surface area contributed by atoms with E-state index in [0.29, 0.717) is 22.8 Å². The molecule has 0 atom stereocenters. The summed E-state index contributed by atoms with van der Waals surface area (Å²) in [6.07, 6.45) is 2.70. The van der Waals surface area contributed by atoms with E-state index in [-0.39, 0.29) is 5.91 Å². The molecule has 1 amide bonds. The van der Waals surface area contributed by atoms with Gasteiger partial charge in [-0.25, -0.2) is 0 Å². The quantitative estimate of drug-likeness (QED) is 0.865. The van der Waals surface area contributed by atoms with E-state index in [4.69, 9.17) is 10.5 Å². The van der Waals surface area contributed by atoms with Gasteiger partial charge in [-0.05, 0) is 30.7 Å². The normalized spacial score (nSPS) is 10.4. The highest BCUT2D eigenvalue weighted by atomic mass is 79.9. The molecular formula is C15H18BrN3O2. The van der Waals surface area contributed by atoms with Gasteiger partial charge in [-0.3, -0.25) is 4.79 Å². The first-order valence-corrected chi connectivity index (χ1v) is 7.45. The molecular weight excluding hydrogens is 334 g/mol. The van der Waals surface area contributed by atoms with Crippen molar-refractivity contribution in [3.8, 4) is 5.75 Å². The Morgan fingerprint density at radius 1 is 1.43 bits per heavy atom. The molecule has 0 aliphatic carbocycles. The van der Waals surface area contributed by atoms with Crippen LogP contribution in [-0.4, -0.2) is 17.6 Å². The lowest BCUT2D eigenvalue weighted by molar-refractivity contribution is 0.101. The minimum atomic E-state index is -0.212. The number of amides is 1. The highest BCUT2D eigenvalue weighted by molar-refractivity contribution is 9.10. The molecule has 21 heavy (non-hydrogen) atoms. The molecule has 1 heterocycles. The number of benzene rings is 1. The molecule has 1 aromatic carbocycles. The average Bonchev–Trinajstić information content (AvgIpc) is 2.80. The number of halogens is 1. The monoisotopic (exact) mass is 351 g/mol. The summed E-state index contributed by atoms with van der Waals surface area (Å²) in [7, 11) is 1.57. The number of hydrogen-bond acceptors (Lipinski definition) is 3. The molecule has 5 nitrogen and oxygen atoms in total. The Morgan fingerprint density at radius 3 is 2.86 bits per heavy atom. The number of aromatic nitrogens is 1. The van der Waals surface area contributed by atoms with Crippen LogP contribution in [0.15, 0.2) is 34.9 Å². The van der Waals surface area contributed by atoms with Crippen LogP contribution in [0.3, 0.4) is 0 Å². The van der Waals surface area contributed by atoms with Crippen LogP contribution in [0.25, 0.3) is 0 Å². The summed E-state index contributed by atoms with van der Waals surface area (Å²) in [5.74, 6) is 0.393.